The van der Waals surface area contributed by atoms with Crippen molar-refractivity contribution in [2.24, 2.45) is 5.73 Å². The molecule has 31 heavy (non-hydrogen) atoms. The maximum absolute atomic E-state index is 12.8. The highest BCUT2D eigenvalue weighted by molar-refractivity contribution is 5.87. The fourth-order valence-corrected chi connectivity index (χ4v) is 3.18. The van der Waals surface area contributed by atoms with Crippen LogP contribution in [0.5, 0.6) is 0 Å². The molecule has 2 aromatic rings. The van der Waals surface area contributed by atoms with E-state index >= 15 is 0 Å². The number of nitrogens with zero attached hydrogens (tertiary/aromatic N) is 5. The summed E-state index contributed by atoms with van der Waals surface area (Å²) in [5.41, 5.74) is 6.49. The molecule has 4 amide bonds. The van der Waals surface area contributed by atoms with Gasteiger partial charge in [-0.2, -0.15) is 5.10 Å². The number of piperazine rings is 1. The smallest absolute Gasteiger partial charge is 0.410 e. The molecule has 1 aliphatic rings. The maximum atomic E-state index is 12.8. The summed E-state index contributed by atoms with van der Waals surface area (Å²) in [5, 5.41) is 6.88. The molecule has 3 rings (SSSR count). The number of hydrogen-bond acceptors (Lipinski definition) is 6. The highest BCUT2D eigenvalue weighted by Crippen LogP contribution is 2.16. The maximum Gasteiger partial charge on any atom is 0.410 e. The molecule has 1 fully saturated rings. The number of ether oxygens (including phenoxy) is 1. The Balaban J connectivity index is 1.63. The van der Waals surface area contributed by atoms with E-state index in [9.17, 15) is 14.4 Å². The number of nitrogens with two attached hydrogens (primary N) is 1. The van der Waals surface area contributed by atoms with Gasteiger partial charge in [0, 0.05) is 19.6 Å². The lowest BCUT2D eigenvalue weighted by atomic mass is 10.1. The van der Waals surface area contributed by atoms with Crippen LogP contribution in [0.3, 0.4) is 0 Å². The Morgan fingerprint density at radius 1 is 1.19 bits per heavy atom. The van der Waals surface area contributed by atoms with Gasteiger partial charge < -0.3 is 25.6 Å². The van der Waals surface area contributed by atoms with Gasteiger partial charge in [-0.05, 0) is 38.5 Å². The summed E-state index contributed by atoms with van der Waals surface area (Å²) in [5.74, 6) is -0.396. The summed E-state index contributed by atoms with van der Waals surface area (Å²) < 4.78 is 7.01. The van der Waals surface area contributed by atoms with Gasteiger partial charge in [-0.15, -0.1) is 0 Å². The molecular formula is C20H27N7O4. The molecule has 1 aromatic carbocycles. The number of primary amides is 1. The summed E-state index contributed by atoms with van der Waals surface area (Å²) in [4.78, 5) is 43.6. The van der Waals surface area contributed by atoms with Crippen LogP contribution in [0.2, 0.25) is 0 Å². The number of amides is 4. The number of urea groups is 1. The van der Waals surface area contributed by atoms with Gasteiger partial charge in [0.05, 0.1) is 12.2 Å². The zero-order valence-electron chi connectivity index (χ0n) is 17.8. The van der Waals surface area contributed by atoms with Crippen molar-refractivity contribution in [3.8, 4) is 5.69 Å². The van der Waals surface area contributed by atoms with E-state index in [0.717, 1.165) is 11.3 Å². The molecule has 1 aliphatic heterocycles. The van der Waals surface area contributed by atoms with Crippen LogP contribution in [0.15, 0.2) is 36.9 Å². The van der Waals surface area contributed by atoms with E-state index in [4.69, 9.17) is 10.5 Å². The Bertz CT molecular complexity index is 922. The second kappa shape index (κ2) is 9.02. The van der Waals surface area contributed by atoms with E-state index in [1.165, 1.54) is 16.1 Å². The van der Waals surface area contributed by atoms with Gasteiger partial charge in [-0.3, -0.25) is 4.79 Å². The Labute approximate surface area is 180 Å². The Kier molecular flexibility index (Phi) is 6.42. The van der Waals surface area contributed by atoms with Crippen LogP contribution in [0.25, 0.3) is 5.69 Å². The molecule has 1 aromatic heterocycles. The second-order valence-corrected chi connectivity index (χ2v) is 8.20. The van der Waals surface area contributed by atoms with Gasteiger partial charge in [0.15, 0.2) is 0 Å². The Hall–Kier alpha value is -3.63. The molecule has 0 aliphatic carbocycles. The zero-order valence-corrected chi connectivity index (χ0v) is 17.8. The highest BCUT2D eigenvalue weighted by Gasteiger charge is 2.37. The largest absolute Gasteiger partial charge is 0.444 e. The number of carbonyl (C=O) groups is 3. The van der Waals surface area contributed by atoms with Crippen LogP contribution < -0.4 is 11.1 Å². The first-order valence-corrected chi connectivity index (χ1v) is 9.90. The van der Waals surface area contributed by atoms with Crippen molar-refractivity contribution in [1.82, 2.24) is 29.9 Å². The van der Waals surface area contributed by atoms with Crippen molar-refractivity contribution in [1.29, 1.82) is 0 Å². The highest BCUT2D eigenvalue weighted by atomic mass is 16.6. The van der Waals surface area contributed by atoms with Gasteiger partial charge in [0.2, 0.25) is 5.91 Å². The van der Waals surface area contributed by atoms with E-state index in [2.05, 4.69) is 15.4 Å². The zero-order chi connectivity index (χ0) is 22.6. The van der Waals surface area contributed by atoms with Gasteiger partial charge in [-0.25, -0.2) is 19.3 Å². The van der Waals surface area contributed by atoms with Crippen molar-refractivity contribution in [2.75, 3.05) is 19.6 Å². The van der Waals surface area contributed by atoms with Crippen LogP contribution in [0.4, 0.5) is 9.59 Å². The van der Waals surface area contributed by atoms with Gasteiger partial charge >= 0.3 is 12.1 Å². The van der Waals surface area contributed by atoms with Crippen molar-refractivity contribution in [2.45, 2.75) is 39.0 Å². The van der Waals surface area contributed by atoms with E-state index in [1.54, 1.807) is 31.8 Å². The molecule has 3 N–H and O–H groups in total. The van der Waals surface area contributed by atoms with Gasteiger partial charge in [-0.1, -0.05) is 12.1 Å². The van der Waals surface area contributed by atoms with Gasteiger partial charge in [0.25, 0.3) is 0 Å². The first kappa shape index (κ1) is 22.1. The van der Waals surface area contributed by atoms with Crippen LogP contribution in [-0.4, -0.2) is 73.9 Å². The molecule has 11 nitrogen and oxygen atoms in total. The molecule has 1 atom stereocenters. The van der Waals surface area contributed by atoms with Crippen LogP contribution >= 0.6 is 0 Å². The normalized spacial score (nSPS) is 16.7. The number of carbonyl (C=O) groups excluding carboxylic acids is 3. The lowest BCUT2D eigenvalue weighted by Crippen LogP contribution is -2.62. The van der Waals surface area contributed by atoms with E-state index < -0.39 is 29.7 Å². The molecular weight excluding hydrogens is 402 g/mol. The molecule has 0 saturated carbocycles. The Morgan fingerprint density at radius 2 is 1.90 bits per heavy atom. The predicted molar refractivity (Wildman–Crippen MR) is 111 cm³/mol. The minimum Gasteiger partial charge on any atom is -0.444 e. The fraction of sp³-hybridized carbons (Fsp3) is 0.450. The summed E-state index contributed by atoms with van der Waals surface area (Å²) in [7, 11) is 0. The average Bonchev–Trinajstić information content (AvgIpc) is 3.25. The SMILES string of the molecule is CC(C)(C)OC(=O)N1CCN(C(N)=O)C(C(=O)NCc2ccc(-n3cncn3)cc2)C1. The lowest BCUT2D eigenvalue weighted by Gasteiger charge is -2.39. The summed E-state index contributed by atoms with van der Waals surface area (Å²) in [6.45, 7) is 5.96. The van der Waals surface area contributed by atoms with Crippen molar-refractivity contribution in [3.63, 3.8) is 0 Å². The second-order valence-electron chi connectivity index (χ2n) is 8.20. The van der Waals surface area contributed by atoms with Crippen molar-refractivity contribution in [3.05, 3.63) is 42.5 Å². The van der Waals surface area contributed by atoms with Crippen molar-refractivity contribution >= 4 is 18.0 Å². The standard InChI is InChI=1S/C20H27N7O4/c1-20(2,3)31-19(30)25-8-9-26(18(21)29)16(11-25)17(28)23-10-14-4-6-15(7-5-14)27-13-22-12-24-27/h4-7,12-13,16H,8-11H2,1-3H3,(H2,21,29)(H,23,28). The molecule has 1 unspecified atom stereocenters. The van der Waals surface area contributed by atoms with Gasteiger partial charge in [0.1, 0.15) is 24.3 Å². The number of benzene rings is 1. The van der Waals surface area contributed by atoms with Crippen LogP contribution in [0, 0.1) is 0 Å². The minimum absolute atomic E-state index is 0.00885. The monoisotopic (exact) mass is 429 g/mol. The quantitative estimate of drug-likeness (QED) is 0.741. The topological polar surface area (TPSA) is 136 Å². The predicted octanol–water partition coefficient (Wildman–Crippen LogP) is 0.884. The van der Waals surface area contributed by atoms with E-state index in [-0.39, 0.29) is 26.2 Å². The first-order chi connectivity index (χ1) is 14.6. The number of rotatable bonds is 4. The van der Waals surface area contributed by atoms with E-state index in [1.807, 2.05) is 24.3 Å². The molecule has 166 valence electrons. The molecule has 0 spiro atoms. The van der Waals surface area contributed by atoms with E-state index in [0.29, 0.717) is 0 Å². The minimum atomic E-state index is -0.895. The van der Waals surface area contributed by atoms with Crippen LogP contribution in [0.1, 0.15) is 26.3 Å². The first-order valence-electron chi connectivity index (χ1n) is 9.90. The number of aromatic nitrogens is 3. The summed E-state index contributed by atoms with van der Waals surface area (Å²) >= 11 is 0. The third-order valence-corrected chi connectivity index (χ3v) is 4.70. The summed E-state index contributed by atoms with van der Waals surface area (Å²) in [6.07, 6.45) is 2.51. The molecule has 0 radical (unpaired) electrons. The number of hydrogen-bond donors (Lipinski definition) is 2. The third kappa shape index (κ3) is 5.71. The average molecular weight is 429 g/mol. The fourth-order valence-electron chi connectivity index (χ4n) is 3.18. The molecule has 1 saturated heterocycles. The molecule has 2 heterocycles. The molecule has 0 bridgehead atoms. The molecule has 11 heteroatoms. The lowest BCUT2D eigenvalue weighted by molar-refractivity contribution is -0.127. The number of nitrogens with one attached hydrogen (secondary N) is 1. The van der Waals surface area contributed by atoms with Crippen LogP contribution in [-0.2, 0) is 16.1 Å². The van der Waals surface area contributed by atoms with Crippen molar-refractivity contribution < 1.29 is 19.1 Å². The Morgan fingerprint density at radius 3 is 2.48 bits per heavy atom. The summed E-state index contributed by atoms with van der Waals surface area (Å²) in [6, 6.07) is 5.83. The third-order valence-electron chi connectivity index (χ3n) is 4.70.